The molecule has 2 heterocycles. The zero-order valence-corrected chi connectivity index (χ0v) is 17.1. The fourth-order valence-electron chi connectivity index (χ4n) is 3.92. The average molecular weight is 448 g/mol. The van der Waals surface area contributed by atoms with E-state index in [1.807, 2.05) is 47.0 Å². The number of para-hydroxylation sites is 1. The van der Waals surface area contributed by atoms with Gasteiger partial charge in [0.1, 0.15) is 5.69 Å². The van der Waals surface area contributed by atoms with Crippen LogP contribution in [0.1, 0.15) is 35.3 Å². The monoisotopic (exact) mass is 446 g/mol. The highest BCUT2D eigenvalue weighted by atomic mass is 79.9. The Bertz CT molecular complexity index is 995. The smallest absolute Gasteiger partial charge is 0.353 e. The molecule has 0 atom stereocenters. The van der Waals surface area contributed by atoms with Gasteiger partial charge in [-0.25, -0.2) is 4.79 Å². The van der Waals surface area contributed by atoms with Crippen LogP contribution in [-0.4, -0.2) is 33.6 Å². The molecule has 1 aromatic heterocycles. The summed E-state index contributed by atoms with van der Waals surface area (Å²) in [5.41, 5.74) is 2.80. The fraction of sp³-hybridized carbons (Fsp3) is 0.286. The van der Waals surface area contributed by atoms with Crippen LogP contribution in [0.3, 0.4) is 0 Å². The minimum atomic E-state index is -0.922. The Balaban J connectivity index is 1.98. The zero-order chi connectivity index (χ0) is 19.0. The number of benzene rings is 2. The molecule has 0 aliphatic carbocycles. The van der Waals surface area contributed by atoms with Crippen LogP contribution in [0.5, 0.6) is 0 Å². The number of rotatable bonds is 4. The zero-order valence-electron chi connectivity index (χ0n) is 14.8. The Labute approximate surface area is 171 Å². The second-order valence-corrected chi connectivity index (χ2v) is 8.19. The Morgan fingerprint density at radius 2 is 1.81 bits per heavy atom. The van der Waals surface area contributed by atoms with Crippen molar-refractivity contribution in [3.8, 4) is 5.69 Å². The molecule has 3 aromatic rings. The van der Waals surface area contributed by atoms with Crippen LogP contribution in [-0.2, 0) is 6.54 Å². The molecule has 1 N–H and O–H groups in total. The molecular weight excluding hydrogens is 428 g/mol. The molecule has 0 radical (unpaired) electrons. The molecule has 140 valence electrons. The third-order valence-electron chi connectivity index (χ3n) is 5.16. The maximum Gasteiger partial charge on any atom is 0.353 e. The number of carboxylic acid groups (broad SMARTS) is 1. The normalized spacial score (nSPS) is 15.3. The maximum atomic E-state index is 12.3. The summed E-state index contributed by atoms with van der Waals surface area (Å²) in [6, 6.07) is 13.4. The van der Waals surface area contributed by atoms with Gasteiger partial charge in [0, 0.05) is 27.7 Å². The largest absolute Gasteiger partial charge is 0.477 e. The molecule has 0 spiro atoms. The number of carbonyl (C=O) groups is 1. The highest BCUT2D eigenvalue weighted by molar-refractivity contribution is 9.10. The lowest BCUT2D eigenvalue weighted by atomic mass is 10.1. The number of nitrogens with zero attached hydrogens (tertiary/aromatic N) is 2. The SMILES string of the molecule is O=C(O)c1c(CN2CCCCC2)c2cc(Br)c(Cl)cc2n1-c1ccccc1. The number of halogens is 2. The predicted molar refractivity (Wildman–Crippen MR) is 112 cm³/mol. The number of fused-ring (bicyclic) bond motifs is 1. The summed E-state index contributed by atoms with van der Waals surface area (Å²) in [7, 11) is 0. The molecule has 2 aromatic carbocycles. The molecular formula is C21H20BrClN2O2. The number of likely N-dealkylation sites (tertiary alicyclic amines) is 1. The van der Waals surface area contributed by atoms with Gasteiger partial charge in [-0.05, 0) is 66.1 Å². The van der Waals surface area contributed by atoms with Gasteiger partial charge in [0.05, 0.1) is 10.5 Å². The van der Waals surface area contributed by atoms with E-state index in [4.69, 9.17) is 11.6 Å². The summed E-state index contributed by atoms with van der Waals surface area (Å²) in [6.07, 6.45) is 3.57. The molecule has 1 saturated heterocycles. The van der Waals surface area contributed by atoms with Gasteiger partial charge in [-0.2, -0.15) is 0 Å². The van der Waals surface area contributed by atoms with Crippen LogP contribution in [0.15, 0.2) is 46.9 Å². The molecule has 4 rings (SSSR count). The van der Waals surface area contributed by atoms with E-state index in [2.05, 4.69) is 20.8 Å². The molecule has 1 fully saturated rings. The standard InChI is InChI=1S/C21H20BrClN2O2/c22-17-11-15-16(13-24-9-5-2-6-10-24)20(21(26)27)25(19(15)12-18(17)23)14-7-3-1-4-8-14/h1,3-4,7-8,11-12H,2,5-6,9-10,13H2,(H,26,27). The van der Waals surface area contributed by atoms with Crippen LogP contribution in [0.25, 0.3) is 16.6 Å². The summed E-state index contributed by atoms with van der Waals surface area (Å²) in [4.78, 5) is 14.7. The lowest BCUT2D eigenvalue weighted by Gasteiger charge is -2.26. The summed E-state index contributed by atoms with van der Waals surface area (Å²) >= 11 is 9.86. The van der Waals surface area contributed by atoms with Crippen LogP contribution >= 0.6 is 27.5 Å². The highest BCUT2D eigenvalue weighted by Gasteiger charge is 2.26. The van der Waals surface area contributed by atoms with Crippen molar-refractivity contribution in [2.45, 2.75) is 25.8 Å². The Hall–Kier alpha value is -1.82. The number of aromatic carboxylic acids is 1. The summed E-state index contributed by atoms with van der Waals surface area (Å²) < 4.78 is 2.59. The minimum Gasteiger partial charge on any atom is -0.477 e. The minimum absolute atomic E-state index is 0.316. The molecule has 4 nitrogen and oxygen atoms in total. The van der Waals surface area contributed by atoms with E-state index < -0.39 is 5.97 Å². The summed E-state index contributed by atoms with van der Waals surface area (Å²) in [5.74, 6) is -0.922. The van der Waals surface area contributed by atoms with Gasteiger partial charge in [0.15, 0.2) is 0 Å². The van der Waals surface area contributed by atoms with Gasteiger partial charge in [-0.15, -0.1) is 0 Å². The first-order valence-electron chi connectivity index (χ1n) is 9.09. The van der Waals surface area contributed by atoms with E-state index >= 15 is 0 Å². The summed E-state index contributed by atoms with van der Waals surface area (Å²) in [5, 5.41) is 11.6. The van der Waals surface area contributed by atoms with Crippen molar-refractivity contribution in [1.29, 1.82) is 0 Å². The highest BCUT2D eigenvalue weighted by Crippen LogP contribution is 2.36. The Kier molecular flexibility index (Phi) is 5.26. The molecule has 1 aliphatic rings. The van der Waals surface area contributed by atoms with Crippen LogP contribution in [0.2, 0.25) is 5.02 Å². The first-order valence-corrected chi connectivity index (χ1v) is 10.3. The van der Waals surface area contributed by atoms with Crippen molar-refractivity contribution >= 4 is 44.4 Å². The topological polar surface area (TPSA) is 45.5 Å². The third kappa shape index (κ3) is 3.51. The number of aromatic nitrogens is 1. The second kappa shape index (κ2) is 7.66. The lowest BCUT2D eigenvalue weighted by Crippen LogP contribution is -2.29. The molecule has 0 bridgehead atoms. The van der Waals surface area contributed by atoms with Gasteiger partial charge in [0.25, 0.3) is 0 Å². The van der Waals surface area contributed by atoms with E-state index in [0.717, 1.165) is 52.6 Å². The number of hydrogen-bond acceptors (Lipinski definition) is 2. The Morgan fingerprint density at radius 3 is 2.48 bits per heavy atom. The van der Waals surface area contributed by atoms with Crippen molar-refractivity contribution in [3.05, 3.63) is 63.2 Å². The van der Waals surface area contributed by atoms with Gasteiger partial charge >= 0.3 is 5.97 Å². The summed E-state index contributed by atoms with van der Waals surface area (Å²) in [6.45, 7) is 2.64. The third-order valence-corrected chi connectivity index (χ3v) is 6.36. The molecule has 0 saturated carbocycles. The van der Waals surface area contributed by atoms with Crippen LogP contribution in [0.4, 0.5) is 0 Å². The van der Waals surface area contributed by atoms with Gasteiger partial charge in [-0.1, -0.05) is 36.2 Å². The molecule has 27 heavy (non-hydrogen) atoms. The van der Waals surface area contributed by atoms with Crippen molar-refractivity contribution < 1.29 is 9.90 Å². The Morgan fingerprint density at radius 1 is 1.11 bits per heavy atom. The van der Waals surface area contributed by atoms with E-state index in [9.17, 15) is 9.90 Å². The van der Waals surface area contributed by atoms with Crippen LogP contribution in [0, 0.1) is 0 Å². The van der Waals surface area contributed by atoms with Crippen molar-refractivity contribution in [2.75, 3.05) is 13.1 Å². The van der Waals surface area contributed by atoms with Gasteiger partial charge in [-0.3, -0.25) is 4.90 Å². The molecule has 0 amide bonds. The van der Waals surface area contributed by atoms with Crippen molar-refractivity contribution in [3.63, 3.8) is 0 Å². The number of piperidine rings is 1. The van der Waals surface area contributed by atoms with E-state index in [1.165, 1.54) is 6.42 Å². The van der Waals surface area contributed by atoms with Crippen LogP contribution < -0.4 is 0 Å². The predicted octanol–water partition coefficient (Wildman–Crippen LogP) is 5.73. The van der Waals surface area contributed by atoms with Gasteiger partial charge in [0.2, 0.25) is 0 Å². The quantitative estimate of drug-likeness (QED) is 0.555. The molecule has 6 heteroatoms. The number of hydrogen-bond donors (Lipinski definition) is 1. The first-order chi connectivity index (χ1) is 13.1. The lowest BCUT2D eigenvalue weighted by molar-refractivity contribution is 0.0685. The van der Waals surface area contributed by atoms with E-state index in [-0.39, 0.29) is 0 Å². The van der Waals surface area contributed by atoms with Gasteiger partial charge < -0.3 is 9.67 Å². The average Bonchev–Trinajstić information content (AvgIpc) is 2.97. The molecule has 1 aliphatic heterocycles. The second-order valence-electron chi connectivity index (χ2n) is 6.92. The first kappa shape index (κ1) is 18.5. The van der Waals surface area contributed by atoms with Crippen molar-refractivity contribution in [2.24, 2.45) is 0 Å². The fourth-order valence-corrected chi connectivity index (χ4v) is 4.42. The maximum absolute atomic E-state index is 12.3. The van der Waals surface area contributed by atoms with Crippen molar-refractivity contribution in [1.82, 2.24) is 9.47 Å². The number of carboxylic acids is 1. The van der Waals surface area contributed by atoms with E-state index in [0.29, 0.717) is 17.3 Å². The van der Waals surface area contributed by atoms with E-state index in [1.54, 1.807) is 0 Å². The molecule has 0 unspecified atom stereocenters.